The first kappa shape index (κ1) is 14.3. The van der Waals surface area contributed by atoms with E-state index in [9.17, 15) is 9.59 Å². The number of fused-ring (bicyclic) bond motifs is 2. The zero-order valence-corrected chi connectivity index (χ0v) is 12.7. The highest BCUT2D eigenvalue weighted by Gasteiger charge is 2.57. The number of amides is 1. The van der Waals surface area contributed by atoms with Gasteiger partial charge in [0, 0.05) is 24.6 Å². The number of carbonyl (C=O) groups is 2. The van der Waals surface area contributed by atoms with E-state index in [0.29, 0.717) is 43.4 Å². The number of methoxy groups -OCH3 is 1. The van der Waals surface area contributed by atoms with Crippen molar-refractivity contribution in [3.05, 3.63) is 23.8 Å². The van der Waals surface area contributed by atoms with E-state index in [-0.39, 0.29) is 24.6 Å². The Labute approximate surface area is 133 Å². The number of rotatable bonds is 2. The van der Waals surface area contributed by atoms with Crippen LogP contribution in [0.4, 0.5) is 0 Å². The van der Waals surface area contributed by atoms with Crippen molar-refractivity contribution in [3.63, 3.8) is 0 Å². The normalized spacial score (nSPS) is 27.9. The first-order valence-electron chi connectivity index (χ1n) is 7.49. The van der Waals surface area contributed by atoms with Gasteiger partial charge in [0.15, 0.2) is 11.5 Å². The predicted octanol–water partition coefficient (Wildman–Crippen LogP) is 0.677. The number of benzene rings is 1. The molecule has 3 aliphatic heterocycles. The van der Waals surface area contributed by atoms with Crippen molar-refractivity contribution in [3.8, 4) is 11.5 Å². The highest BCUT2D eigenvalue weighted by molar-refractivity contribution is 5.96. The smallest absolute Gasteiger partial charge is 0.316 e. The fourth-order valence-corrected chi connectivity index (χ4v) is 3.59. The minimum absolute atomic E-state index is 0.0205. The molecule has 4 rings (SSSR count). The maximum Gasteiger partial charge on any atom is 0.316 e. The minimum atomic E-state index is -0.735. The average molecular weight is 319 g/mol. The van der Waals surface area contributed by atoms with Crippen LogP contribution in [-0.4, -0.2) is 57.0 Å². The van der Waals surface area contributed by atoms with E-state index in [1.807, 2.05) is 0 Å². The van der Waals surface area contributed by atoms with Gasteiger partial charge in [-0.3, -0.25) is 9.59 Å². The molecule has 0 radical (unpaired) electrons. The van der Waals surface area contributed by atoms with Crippen LogP contribution >= 0.6 is 0 Å². The molecule has 0 bridgehead atoms. The number of nitrogens with zero attached hydrogens (tertiary/aromatic N) is 1. The summed E-state index contributed by atoms with van der Waals surface area (Å²) in [5.41, 5.74) is -0.212. The molecule has 7 heteroatoms. The Balaban J connectivity index is 1.57. The fraction of sp³-hybridized carbons (Fsp3) is 0.500. The van der Waals surface area contributed by atoms with Crippen LogP contribution in [0, 0.1) is 11.3 Å². The summed E-state index contributed by atoms with van der Waals surface area (Å²) in [5, 5.41) is 0. The number of hydrogen-bond acceptors (Lipinski definition) is 6. The van der Waals surface area contributed by atoms with Crippen molar-refractivity contribution in [2.24, 2.45) is 11.3 Å². The van der Waals surface area contributed by atoms with Gasteiger partial charge >= 0.3 is 5.97 Å². The van der Waals surface area contributed by atoms with Crippen molar-refractivity contribution < 1.29 is 28.5 Å². The lowest BCUT2D eigenvalue weighted by molar-refractivity contribution is -0.153. The van der Waals surface area contributed by atoms with Gasteiger partial charge in [-0.05, 0) is 18.2 Å². The zero-order chi connectivity index (χ0) is 16.0. The van der Waals surface area contributed by atoms with Crippen LogP contribution in [0.3, 0.4) is 0 Å². The van der Waals surface area contributed by atoms with Gasteiger partial charge in [-0.1, -0.05) is 0 Å². The molecular weight excluding hydrogens is 302 g/mol. The predicted molar refractivity (Wildman–Crippen MR) is 77.2 cm³/mol. The Morgan fingerprint density at radius 2 is 2.13 bits per heavy atom. The SMILES string of the molecule is COC(=O)[C@@]12COC[C@@H]1CN(C(=O)c1ccc3c(c1)OCO3)C2. The van der Waals surface area contributed by atoms with Crippen LogP contribution in [-0.2, 0) is 14.3 Å². The number of ether oxygens (including phenoxy) is 4. The summed E-state index contributed by atoms with van der Waals surface area (Å²) >= 11 is 0. The summed E-state index contributed by atoms with van der Waals surface area (Å²) in [6, 6.07) is 5.12. The average Bonchev–Trinajstić information content (AvgIpc) is 3.25. The standard InChI is InChI=1S/C16H17NO6/c1-20-15(19)16-7-17(5-11(16)6-21-8-16)14(18)10-2-3-12-13(4-10)23-9-22-12/h2-4,11H,5-9H2,1H3/t11-,16-/m0/s1. The van der Waals surface area contributed by atoms with E-state index in [4.69, 9.17) is 18.9 Å². The van der Waals surface area contributed by atoms with Gasteiger partial charge in [0.2, 0.25) is 6.79 Å². The highest BCUT2D eigenvalue weighted by atomic mass is 16.7. The lowest BCUT2D eigenvalue weighted by atomic mass is 9.81. The minimum Gasteiger partial charge on any atom is -0.468 e. The van der Waals surface area contributed by atoms with Crippen LogP contribution in [0.5, 0.6) is 11.5 Å². The van der Waals surface area contributed by atoms with Gasteiger partial charge < -0.3 is 23.8 Å². The monoisotopic (exact) mass is 319 g/mol. The van der Waals surface area contributed by atoms with Gasteiger partial charge in [-0.2, -0.15) is 0 Å². The molecule has 2 saturated heterocycles. The van der Waals surface area contributed by atoms with Crippen molar-refractivity contribution in [2.45, 2.75) is 0 Å². The van der Waals surface area contributed by atoms with Crippen LogP contribution in [0.15, 0.2) is 18.2 Å². The van der Waals surface area contributed by atoms with E-state index in [2.05, 4.69) is 0 Å². The van der Waals surface area contributed by atoms with Crippen LogP contribution in [0.2, 0.25) is 0 Å². The van der Waals surface area contributed by atoms with E-state index in [1.54, 1.807) is 23.1 Å². The molecule has 0 aliphatic carbocycles. The summed E-state index contributed by atoms with van der Waals surface area (Å²) in [7, 11) is 1.37. The summed E-state index contributed by atoms with van der Waals surface area (Å²) < 4.78 is 21.0. The second-order valence-corrected chi connectivity index (χ2v) is 6.11. The van der Waals surface area contributed by atoms with Crippen LogP contribution in [0.25, 0.3) is 0 Å². The summed E-state index contributed by atoms with van der Waals surface area (Å²) in [4.78, 5) is 26.7. The Bertz CT molecular complexity index is 675. The molecule has 0 spiro atoms. The molecule has 2 atom stereocenters. The molecule has 1 aromatic carbocycles. The molecule has 3 heterocycles. The molecule has 23 heavy (non-hydrogen) atoms. The number of carbonyl (C=O) groups excluding carboxylic acids is 2. The fourth-order valence-electron chi connectivity index (χ4n) is 3.59. The Morgan fingerprint density at radius 1 is 1.30 bits per heavy atom. The third-order valence-electron chi connectivity index (χ3n) is 4.87. The largest absolute Gasteiger partial charge is 0.468 e. The lowest BCUT2D eigenvalue weighted by Gasteiger charge is -2.23. The number of esters is 1. The van der Waals surface area contributed by atoms with Crippen molar-refractivity contribution in [1.82, 2.24) is 4.90 Å². The van der Waals surface area contributed by atoms with E-state index < -0.39 is 5.41 Å². The van der Waals surface area contributed by atoms with E-state index >= 15 is 0 Å². The summed E-state index contributed by atoms with van der Waals surface area (Å²) in [5.74, 6) is 0.760. The van der Waals surface area contributed by atoms with Crippen molar-refractivity contribution in [1.29, 1.82) is 0 Å². The topological polar surface area (TPSA) is 74.3 Å². The first-order valence-corrected chi connectivity index (χ1v) is 7.49. The number of hydrogen-bond donors (Lipinski definition) is 0. The molecule has 1 aromatic rings. The maximum absolute atomic E-state index is 12.8. The first-order chi connectivity index (χ1) is 11.1. The molecule has 2 fully saturated rings. The maximum atomic E-state index is 12.8. The van der Waals surface area contributed by atoms with Gasteiger partial charge in [0.05, 0.1) is 20.3 Å². The zero-order valence-electron chi connectivity index (χ0n) is 12.7. The molecule has 0 N–H and O–H groups in total. The van der Waals surface area contributed by atoms with E-state index in [1.165, 1.54) is 7.11 Å². The van der Waals surface area contributed by atoms with Gasteiger partial charge in [0.25, 0.3) is 5.91 Å². The molecule has 0 saturated carbocycles. The Hall–Kier alpha value is -2.28. The second kappa shape index (κ2) is 5.13. The highest BCUT2D eigenvalue weighted by Crippen LogP contribution is 2.43. The summed E-state index contributed by atoms with van der Waals surface area (Å²) in [6.07, 6.45) is 0. The quantitative estimate of drug-likeness (QED) is 0.746. The van der Waals surface area contributed by atoms with Crippen molar-refractivity contribution >= 4 is 11.9 Å². The Kier molecular flexibility index (Phi) is 3.19. The molecular formula is C16H17NO6. The van der Waals surface area contributed by atoms with Crippen LogP contribution in [0.1, 0.15) is 10.4 Å². The second-order valence-electron chi connectivity index (χ2n) is 6.11. The van der Waals surface area contributed by atoms with Crippen molar-refractivity contribution in [2.75, 3.05) is 40.2 Å². The molecule has 0 unspecified atom stereocenters. The lowest BCUT2D eigenvalue weighted by Crippen LogP contribution is -2.41. The molecule has 0 aromatic heterocycles. The number of likely N-dealkylation sites (tertiary alicyclic amines) is 1. The third-order valence-corrected chi connectivity index (χ3v) is 4.87. The Morgan fingerprint density at radius 3 is 2.96 bits per heavy atom. The van der Waals surface area contributed by atoms with E-state index in [0.717, 1.165) is 0 Å². The van der Waals surface area contributed by atoms with Gasteiger partial charge in [-0.25, -0.2) is 0 Å². The molecule has 3 aliphatic rings. The molecule has 122 valence electrons. The third kappa shape index (κ3) is 2.07. The van der Waals surface area contributed by atoms with Crippen LogP contribution < -0.4 is 9.47 Å². The van der Waals surface area contributed by atoms with Gasteiger partial charge in [0.1, 0.15) is 5.41 Å². The summed E-state index contributed by atoms with van der Waals surface area (Å²) in [6.45, 7) is 1.75. The molecule has 1 amide bonds. The van der Waals surface area contributed by atoms with Gasteiger partial charge in [-0.15, -0.1) is 0 Å². The molecule has 7 nitrogen and oxygen atoms in total.